The minimum absolute atomic E-state index is 0.0640. The second kappa shape index (κ2) is 9.71. The van der Waals surface area contributed by atoms with E-state index in [9.17, 15) is 9.59 Å². The van der Waals surface area contributed by atoms with E-state index in [1.54, 1.807) is 20.9 Å². The van der Waals surface area contributed by atoms with Crippen molar-refractivity contribution in [2.45, 2.75) is 33.5 Å². The number of aryl methyl sites for hydroxylation is 2. The fourth-order valence-electron chi connectivity index (χ4n) is 2.33. The molecule has 1 atom stereocenters. The summed E-state index contributed by atoms with van der Waals surface area (Å²) in [7, 11) is 1.66. The highest BCUT2D eigenvalue weighted by molar-refractivity contribution is 6.36. The molecule has 9 nitrogen and oxygen atoms in total. The standard InChI is InChI=1S/C18H21Cl2N3O6/c1-5-21-18(26)27-8-11-9(2)22-23(4)16(11)29-15-7-14(12(19)6-13(15)20)28-10(3)17(24)25/h6-7,10H,5,8H2,1-4H3,(H,21,26)(H,24,25)/t10-/m0/s1. The van der Waals surface area contributed by atoms with Crippen LogP contribution < -0.4 is 14.8 Å². The van der Waals surface area contributed by atoms with Gasteiger partial charge >= 0.3 is 12.1 Å². The smallest absolute Gasteiger partial charge is 0.407 e. The van der Waals surface area contributed by atoms with E-state index in [4.69, 9.17) is 42.5 Å². The molecule has 2 rings (SSSR count). The molecule has 0 aliphatic rings. The lowest BCUT2D eigenvalue weighted by atomic mass is 10.2. The van der Waals surface area contributed by atoms with Crippen LogP contribution >= 0.6 is 23.2 Å². The van der Waals surface area contributed by atoms with E-state index in [0.29, 0.717) is 23.7 Å². The Kier molecular flexibility index (Phi) is 7.58. The van der Waals surface area contributed by atoms with Crippen molar-refractivity contribution in [2.75, 3.05) is 6.54 Å². The Bertz CT molecular complexity index is 915. The molecule has 1 aromatic heterocycles. The Balaban J connectivity index is 2.31. The Labute approximate surface area is 177 Å². The topological polar surface area (TPSA) is 112 Å². The summed E-state index contributed by atoms with van der Waals surface area (Å²) in [6.45, 7) is 5.26. The van der Waals surface area contributed by atoms with Gasteiger partial charge in [0, 0.05) is 19.7 Å². The highest BCUT2D eigenvalue weighted by atomic mass is 35.5. The molecule has 0 fully saturated rings. The maximum Gasteiger partial charge on any atom is 0.407 e. The average Bonchev–Trinajstić information content (AvgIpc) is 2.90. The van der Waals surface area contributed by atoms with Gasteiger partial charge in [-0.2, -0.15) is 5.10 Å². The van der Waals surface area contributed by atoms with E-state index in [1.165, 1.54) is 23.7 Å². The molecule has 2 N–H and O–H groups in total. The second-order valence-electron chi connectivity index (χ2n) is 6.01. The van der Waals surface area contributed by atoms with Crippen LogP contribution in [0.1, 0.15) is 25.1 Å². The Morgan fingerprint density at radius 3 is 2.55 bits per heavy atom. The van der Waals surface area contributed by atoms with Gasteiger partial charge in [0.25, 0.3) is 0 Å². The third kappa shape index (κ3) is 5.68. The van der Waals surface area contributed by atoms with Crippen molar-refractivity contribution in [3.05, 3.63) is 33.4 Å². The number of halogens is 2. The van der Waals surface area contributed by atoms with Crippen molar-refractivity contribution < 1.29 is 28.9 Å². The summed E-state index contributed by atoms with van der Waals surface area (Å²) in [5.41, 5.74) is 1.15. The number of amides is 1. The molecule has 0 spiro atoms. The molecule has 158 valence electrons. The van der Waals surface area contributed by atoms with E-state index in [-0.39, 0.29) is 28.2 Å². The monoisotopic (exact) mass is 445 g/mol. The number of carbonyl (C=O) groups excluding carboxylic acids is 1. The first-order valence-electron chi connectivity index (χ1n) is 8.63. The minimum Gasteiger partial charge on any atom is -0.479 e. The van der Waals surface area contributed by atoms with Crippen LogP contribution in [0.5, 0.6) is 17.4 Å². The van der Waals surface area contributed by atoms with Crippen molar-refractivity contribution in [1.29, 1.82) is 0 Å². The minimum atomic E-state index is -1.15. The summed E-state index contributed by atoms with van der Waals surface area (Å²) in [6, 6.07) is 2.78. The van der Waals surface area contributed by atoms with E-state index < -0.39 is 18.2 Å². The van der Waals surface area contributed by atoms with Crippen LogP contribution in [-0.4, -0.2) is 39.6 Å². The molecule has 2 aromatic rings. The second-order valence-corrected chi connectivity index (χ2v) is 6.83. The number of nitrogens with zero attached hydrogens (tertiary/aromatic N) is 2. The fraction of sp³-hybridized carbons (Fsp3) is 0.389. The number of nitrogens with one attached hydrogen (secondary N) is 1. The van der Waals surface area contributed by atoms with Crippen LogP contribution in [-0.2, 0) is 23.2 Å². The van der Waals surface area contributed by atoms with E-state index in [0.717, 1.165) is 0 Å². The van der Waals surface area contributed by atoms with Crippen LogP contribution in [0.3, 0.4) is 0 Å². The number of benzene rings is 1. The zero-order valence-electron chi connectivity index (χ0n) is 16.3. The quantitative estimate of drug-likeness (QED) is 0.632. The van der Waals surface area contributed by atoms with Crippen LogP contribution in [0.4, 0.5) is 4.79 Å². The summed E-state index contributed by atoms with van der Waals surface area (Å²) >= 11 is 12.3. The van der Waals surface area contributed by atoms with Crippen molar-refractivity contribution in [3.63, 3.8) is 0 Å². The van der Waals surface area contributed by atoms with Crippen molar-refractivity contribution in [1.82, 2.24) is 15.1 Å². The first kappa shape index (κ1) is 22.6. The molecule has 0 aliphatic heterocycles. The number of hydrogen-bond acceptors (Lipinski definition) is 6. The molecule has 0 bridgehead atoms. The molecule has 0 aliphatic carbocycles. The number of alkyl carbamates (subject to hydrolysis) is 1. The zero-order chi connectivity index (χ0) is 21.7. The van der Waals surface area contributed by atoms with Gasteiger partial charge in [-0.3, -0.25) is 0 Å². The van der Waals surface area contributed by atoms with Gasteiger partial charge in [-0.15, -0.1) is 0 Å². The molecule has 1 heterocycles. The number of hydrogen-bond donors (Lipinski definition) is 2. The third-order valence-electron chi connectivity index (χ3n) is 3.80. The van der Waals surface area contributed by atoms with Crippen LogP contribution in [0.2, 0.25) is 10.0 Å². The van der Waals surface area contributed by atoms with Gasteiger partial charge in [-0.05, 0) is 26.8 Å². The van der Waals surface area contributed by atoms with Gasteiger partial charge in [-0.1, -0.05) is 23.2 Å². The Morgan fingerprint density at radius 1 is 1.28 bits per heavy atom. The molecule has 29 heavy (non-hydrogen) atoms. The fourth-order valence-corrected chi connectivity index (χ4v) is 2.80. The number of carboxylic acids is 1. The first-order valence-corrected chi connectivity index (χ1v) is 9.39. The summed E-state index contributed by atoms with van der Waals surface area (Å²) in [5.74, 6) is -0.579. The third-order valence-corrected chi connectivity index (χ3v) is 4.39. The van der Waals surface area contributed by atoms with Crippen LogP contribution in [0, 0.1) is 6.92 Å². The molecule has 0 radical (unpaired) electrons. The number of aromatic nitrogens is 2. The number of aliphatic carboxylic acids is 1. The lowest BCUT2D eigenvalue weighted by Gasteiger charge is -2.15. The number of ether oxygens (including phenoxy) is 3. The molecule has 11 heteroatoms. The predicted molar refractivity (Wildman–Crippen MR) is 106 cm³/mol. The normalized spacial score (nSPS) is 11.7. The van der Waals surface area contributed by atoms with Crippen LogP contribution in [0.15, 0.2) is 12.1 Å². The van der Waals surface area contributed by atoms with E-state index in [1.807, 2.05) is 0 Å². The van der Waals surface area contributed by atoms with Gasteiger partial charge in [-0.25, -0.2) is 14.3 Å². The lowest BCUT2D eigenvalue weighted by Crippen LogP contribution is -2.23. The summed E-state index contributed by atoms with van der Waals surface area (Å²) in [6.07, 6.45) is -1.69. The number of rotatable bonds is 8. The molecule has 1 aromatic carbocycles. The van der Waals surface area contributed by atoms with Crippen molar-refractivity contribution in [2.24, 2.45) is 7.05 Å². The van der Waals surface area contributed by atoms with E-state index in [2.05, 4.69) is 10.4 Å². The first-order chi connectivity index (χ1) is 13.6. The van der Waals surface area contributed by atoms with Crippen molar-refractivity contribution >= 4 is 35.3 Å². The Morgan fingerprint density at radius 2 is 1.93 bits per heavy atom. The van der Waals surface area contributed by atoms with E-state index >= 15 is 0 Å². The molecule has 0 saturated heterocycles. The summed E-state index contributed by atoms with van der Waals surface area (Å²) in [4.78, 5) is 22.6. The van der Waals surface area contributed by atoms with Gasteiger partial charge in [0.05, 0.1) is 21.3 Å². The van der Waals surface area contributed by atoms with Crippen molar-refractivity contribution in [3.8, 4) is 17.4 Å². The van der Waals surface area contributed by atoms with Gasteiger partial charge in [0.2, 0.25) is 5.88 Å². The summed E-state index contributed by atoms with van der Waals surface area (Å²) in [5, 5.41) is 16.1. The molecular formula is C18H21Cl2N3O6. The van der Waals surface area contributed by atoms with Gasteiger partial charge < -0.3 is 24.6 Å². The lowest BCUT2D eigenvalue weighted by molar-refractivity contribution is -0.144. The molecular weight excluding hydrogens is 425 g/mol. The average molecular weight is 446 g/mol. The highest BCUT2D eigenvalue weighted by Crippen LogP contribution is 2.39. The maximum atomic E-state index is 11.6. The largest absolute Gasteiger partial charge is 0.479 e. The molecule has 1 amide bonds. The number of carboxylic acid groups (broad SMARTS) is 1. The Hall–Kier alpha value is -2.65. The number of carbonyl (C=O) groups is 2. The SMILES string of the molecule is CCNC(=O)OCc1c(C)nn(C)c1Oc1cc(O[C@@H](C)C(=O)O)c(Cl)cc1Cl. The van der Waals surface area contributed by atoms with Gasteiger partial charge in [0.15, 0.2) is 11.9 Å². The highest BCUT2D eigenvalue weighted by Gasteiger charge is 2.21. The van der Waals surface area contributed by atoms with Crippen LogP contribution in [0.25, 0.3) is 0 Å². The zero-order valence-corrected chi connectivity index (χ0v) is 17.8. The summed E-state index contributed by atoms with van der Waals surface area (Å²) < 4.78 is 17.9. The maximum absolute atomic E-state index is 11.6. The molecule has 0 saturated carbocycles. The molecule has 0 unspecified atom stereocenters. The van der Waals surface area contributed by atoms with Gasteiger partial charge in [0.1, 0.15) is 12.4 Å². The predicted octanol–water partition coefficient (Wildman–Crippen LogP) is 3.93.